The van der Waals surface area contributed by atoms with E-state index >= 15 is 0 Å². The summed E-state index contributed by atoms with van der Waals surface area (Å²) < 4.78 is 31.4. The topological polar surface area (TPSA) is 96.0 Å². The molecule has 32 heavy (non-hydrogen) atoms. The summed E-state index contributed by atoms with van der Waals surface area (Å²) in [6, 6.07) is 12.6. The molecule has 2 aromatic rings. The zero-order valence-corrected chi connectivity index (χ0v) is 20.1. The van der Waals surface area contributed by atoms with Crippen LogP contribution >= 0.6 is 11.6 Å². The smallest absolute Gasteiger partial charge is 0.244 e. The monoisotopic (exact) mass is 481 g/mol. The third kappa shape index (κ3) is 6.61. The summed E-state index contributed by atoms with van der Waals surface area (Å²) in [4.78, 5) is 27.2. The molecule has 0 saturated heterocycles. The van der Waals surface area contributed by atoms with Gasteiger partial charge in [-0.15, -0.1) is 0 Å². The number of nitrogens with one attached hydrogen (secondary N) is 1. The van der Waals surface area contributed by atoms with Crippen molar-refractivity contribution in [3.8, 4) is 5.75 Å². The summed E-state index contributed by atoms with van der Waals surface area (Å²) in [7, 11) is -2.40. The molecule has 0 aliphatic rings. The molecule has 2 rings (SSSR count). The minimum atomic E-state index is -3.83. The van der Waals surface area contributed by atoms with Crippen molar-refractivity contribution < 1.29 is 22.7 Å². The third-order valence-corrected chi connectivity index (χ3v) is 6.20. The zero-order chi connectivity index (χ0) is 23.9. The van der Waals surface area contributed by atoms with Gasteiger partial charge in [0, 0.05) is 18.1 Å². The number of carbonyl (C=O) groups is 2. The first-order chi connectivity index (χ1) is 15.1. The van der Waals surface area contributed by atoms with Crippen molar-refractivity contribution in [1.82, 2.24) is 10.2 Å². The van der Waals surface area contributed by atoms with E-state index in [0.717, 1.165) is 16.1 Å². The molecule has 174 valence electrons. The van der Waals surface area contributed by atoms with E-state index in [1.54, 1.807) is 62.4 Å². The van der Waals surface area contributed by atoms with Crippen LogP contribution in [-0.4, -0.2) is 57.6 Å². The number of para-hydroxylation sites is 2. The Morgan fingerprint density at radius 1 is 1.12 bits per heavy atom. The van der Waals surface area contributed by atoms with Gasteiger partial charge in [0.2, 0.25) is 21.8 Å². The molecular weight excluding hydrogens is 454 g/mol. The Hall–Kier alpha value is -2.78. The standard InChI is InChI=1S/C22H28ClN3O5S/c1-5-24-22(28)16(2)25(14-17-10-12-18(23)13-11-17)21(27)15-26(32(4,29)30)19-8-6-7-9-20(19)31-3/h6-13,16H,5,14-15H2,1-4H3,(H,24,28)/t16-/m0/s1. The van der Waals surface area contributed by atoms with Crippen molar-refractivity contribution in [2.75, 3.05) is 30.8 Å². The molecule has 10 heteroatoms. The quantitative estimate of drug-likeness (QED) is 0.562. The molecule has 0 aromatic heterocycles. The lowest BCUT2D eigenvalue weighted by molar-refractivity contribution is -0.139. The van der Waals surface area contributed by atoms with Crippen molar-refractivity contribution in [3.05, 3.63) is 59.1 Å². The highest BCUT2D eigenvalue weighted by molar-refractivity contribution is 7.92. The second-order valence-electron chi connectivity index (χ2n) is 7.16. The first-order valence-corrected chi connectivity index (χ1v) is 12.2. The predicted octanol–water partition coefficient (Wildman–Crippen LogP) is 2.67. The minimum absolute atomic E-state index is 0.109. The molecule has 0 fully saturated rings. The lowest BCUT2D eigenvalue weighted by atomic mass is 10.1. The van der Waals surface area contributed by atoms with Crippen molar-refractivity contribution in [1.29, 1.82) is 0 Å². The maximum absolute atomic E-state index is 13.4. The number of carbonyl (C=O) groups excluding carboxylic acids is 2. The lowest BCUT2D eigenvalue weighted by Crippen LogP contribution is -2.51. The van der Waals surface area contributed by atoms with Crippen LogP contribution < -0.4 is 14.4 Å². The number of halogens is 1. The van der Waals surface area contributed by atoms with Crippen LogP contribution in [0.3, 0.4) is 0 Å². The first-order valence-electron chi connectivity index (χ1n) is 10.0. The first kappa shape index (κ1) is 25.5. The molecule has 1 atom stereocenters. The lowest BCUT2D eigenvalue weighted by Gasteiger charge is -2.31. The molecule has 0 saturated carbocycles. The van der Waals surface area contributed by atoms with E-state index in [2.05, 4.69) is 5.32 Å². The van der Waals surface area contributed by atoms with Crippen LogP contribution in [0.2, 0.25) is 5.02 Å². The Balaban J connectivity index is 2.41. The van der Waals surface area contributed by atoms with Crippen LogP contribution in [-0.2, 0) is 26.2 Å². The van der Waals surface area contributed by atoms with Crippen molar-refractivity contribution >= 4 is 39.1 Å². The summed E-state index contributed by atoms with van der Waals surface area (Å²) in [5, 5.41) is 3.25. The van der Waals surface area contributed by atoms with Gasteiger partial charge in [0.25, 0.3) is 0 Å². The molecule has 8 nitrogen and oxygen atoms in total. The van der Waals surface area contributed by atoms with E-state index in [1.165, 1.54) is 12.0 Å². The summed E-state index contributed by atoms with van der Waals surface area (Å²) in [5.74, 6) is -0.556. The Morgan fingerprint density at radius 2 is 1.75 bits per heavy atom. The molecule has 0 radical (unpaired) electrons. The third-order valence-electron chi connectivity index (χ3n) is 4.82. The molecule has 2 aromatic carbocycles. The number of rotatable bonds is 10. The van der Waals surface area contributed by atoms with E-state index in [-0.39, 0.29) is 18.1 Å². The summed E-state index contributed by atoms with van der Waals surface area (Å²) in [6.45, 7) is 3.41. The molecular formula is C22H28ClN3O5S. The molecule has 0 aliphatic carbocycles. The van der Waals surface area contributed by atoms with Gasteiger partial charge in [-0.1, -0.05) is 35.9 Å². The Labute approximate surface area is 194 Å². The highest BCUT2D eigenvalue weighted by Crippen LogP contribution is 2.29. The van der Waals surface area contributed by atoms with Gasteiger partial charge in [-0.2, -0.15) is 0 Å². The molecule has 0 aliphatic heterocycles. The van der Waals surface area contributed by atoms with Crippen LogP contribution in [0.15, 0.2) is 48.5 Å². The number of sulfonamides is 1. The fourth-order valence-corrected chi connectivity index (χ4v) is 4.10. The number of amides is 2. The van der Waals surface area contributed by atoms with E-state index < -0.39 is 28.5 Å². The predicted molar refractivity (Wildman–Crippen MR) is 125 cm³/mol. The van der Waals surface area contributed by atoms with Crippen molar-refractivity contribution in [3.63, 3.8) is 0 Å². The number of methoxy groups -OCH3 is 1. The number of anilines is 1. The highest BCUT2D eigenvalue weighted by atomic mass is 35.5. The SMILES string of the molecule is CCNC(=O)[C@H](C)N(Cc1ccc(Cl)cc1)C(=O)CN(c1ccccc1OC)S(C)(=O)=O. The van der Waals surface area contributed by atoms with Crippen molar-refractivity contribution in [2.24, 2.45) is 0 Å². The van der Waals surface area contributed by atoms with E-state index in [4.69, 9.17) is 16.3 Å². The fourth-order valence-electron chi connectivity index (χ4n) is 3.12. The van der Waals surface area contributed by atoms with Gasteiger partial charge in [0.05, 0.1) is 19.1 Å². The van der Waals surface area contributed by atoms with E-state index in [1.807, 2.05) is 0 Å². The number of benzene rings is 2. The van der Waals surface area contributed by atoms with Crippen LogP contribution in [0.4, 0.5) is 5.69 Å². The van der Waals surface area contributed by atoms with E-state index in [0.29, 0.717) is 17.3 Å². The highest BCUT2D eigenvalue weighted by Gasteiger charge is 2.30. The Bertz CT molecular complexity index is 1040. The average molecular weight is 482 g/mol. The van der Waals surface area contributed by atoms with Gasteiger partial charge in [0.15, 0.2) is 0 Å². The maximum Gasteiger partial charge on any atom is 0.244 e. The molecule has 0 heterocycles. The number of likely N-dealkylation sites (N-methyl/N-ethyl adjacent to an activating group) is 1. The maximum atomic E-state index is 13.4. The van der Waals surface area contributed by atoms with Gasteiger partial charge in [-0.25, -0.2) is 8.42 Å². The van der Waals surface area contributed by atoms with Gasteiger partial charge in [-0.3, -0.25) is 13.9 Å². The number of hydrogen-bond acceptors (Lipinski definition) is 5. The van der Waals surface area contributed by atoms with Crippen LogP contribution in [0, 0.1) is 0 Å². The normalized spacial score (nSPS) is 12.0. The second-order valence-corrected chi connectivity index (χ2v) is 9.50. The van der Waals surface area contributed by atoms with Gasteiger partial charge in [-0.05, 0) is 43.7 Å². The van der Waals surface area contributed by atoms with Crippen LogP contribution in [0.5, 0.6) is 5.75 Å². The molecule has 0 bridgehead atoms. The van der Waals surface area contributed by atoms with Crippen molar-refractivity contribution in [2.45, 2.75) is 26.4 Å². The molecule has 1 N–H and O–H groups in total. The Kier molecular flexibility index (Phi) is 8.91. The zero-order valence-electron chi connectivity index (χ0n) is 18.5. The van der Waals surface area contributed by atoms with Gasteiger partial charge >= 0.3 is 0 Å². The van der Waals surface area contributed by atoms with Gasteiger partial charge in [0.1, 0.15) is 18.3 Å². The summed E-state index contributed by atoms with van der Waals surface area (Å²) >= 11 is 5.95. The summed E-state index contributed by atoms with van der Waals surface area (Å²) in [6.07, 6.45) is 1.02. The Morgan fingerprint density at radius 3 is 2.31 bits per heavy atom. The summed E-state index contributed by atoms with van der Waals surface area (Å²) in [5.41, 5.74) is 0.991. The van der Waals surface area contributed by atoms with E-state index in [9.17, 15) is 18.0 Å². The molecule has 0 unspecified atom stereocenters. The van der Waals surface area contributed by atoms with Crippen LogP contribution in [0.25, 0.3) is 0 Å². The largest absolute Gasteiger partial charge is 0.495 e. The second kappa shape index (κ2) is 11.2. The number of nitrogens with zero attached hydrogens (tertiary/aromatic N) is 2. The van der Waals surface area contributed by atoms with Crippen LogP contribution in [0.1, 0.15) is 19.4 Å². The average Bonchev–Trinajstić information content (AvgIpc) is 2.75. The fraction of sp³-hybridized carbons (Fsp3) is 0.364. The number of ether oxygens (including phenoxy) is 1. The number of hydrogen-bond donors (Lipinski definition) is 1. The minimum Gasteiger partial charge on any atom is -0.495 e. The molecule has 0 spiro atoms. The van der Waals surface area contributed by atoms with Gasteiger partial charge < -0.3 is 15.0 Å². The molecule has 2 amide bonds.